The molecule has 0 aromatic rings. The summed E-state index contributed by atoms with van der Waals surface area (Å²) in [4.78, 5) is 20.6. The summed E-state index contributed by atoms with van der Waals surface area (Å²) in [5.41, 5.74) is 4.87. The number of hydrogen-bond donors (Lipinski definition) is 3. The Bertz CT molecular complexity index is 156. The van der Waals surface area contributed by atoms with Gasteiger partial charge in [0.15, 0.2) is 0 Å². The SMILES string of the molecule is NC(=O)C1CNC(=O)N1. The first-order valence-corrected chi connectivity index (χ1v) is 2.54. The molecule has 1 unspecified atom stereocenters. The molecule has 0 aromatic carbocycles. The topological polar surface area (TPSA) is 84.2 Å². The van der Waals surface area contributed by atoms with E-state index >= 15 is 0 Å². The number of nitrogens with one attached hydrogen (secondary N) is 2. The predicted molar refractivity (Wildman–Crippen MR) is 29.5 cm³/mol. The molecule has 1 aliphatic heterocycles. The van der Waals surface area contributed by atoms with Crippen LogP contribution in [0.1, 0.15) is 0 Å². The summed E-state index contributed by atoms with van der Waals surface area (Å²) in [5.74, 6) is -0.506. The summed E-state index contributed by atoms with van der Waals surface area (Å²) >= 11 is 0. The van der Waals surface area contributed by atoms with Gasteiger partial charge in [-0.1, -0.05) is 0 Å². The summed E-state index contributed by atoms with van der Waals surface area (Å²) in [6, 6.07) is -0.865. The minimum Gasteiger partial charge on any atom is -0.368 e. The van der Waals surface area contributed by atoms with Crippen molar-refractivity contribution in [3.63, 3.8) is 0 Å². The Morgan fingerprint density at radius 3 is 2.67 bits per heavy atom. The molecule has 0 aliphatic carbocycles. The number of rotatable bonds is 1. The van der Waals surface area contributed by atoms with E-state index in [1.807, 2.05) is 0 Å². The Balaban J connectivity index is 2.48. The first-order valence-electron chi connectivity index (χ1n) is 2.54. The van der Waals surface area contributed by atoms with Gasteiger partial charge >= 0.3 is 6.03 Å². The van der Waals surface area contributed by atoms with E-state index in [1.54, 1.807) is 0 Å². The van der Waals surface area contributed by atoms with Crippen LogP contribution in [-0.2, 0) is 4.79 Å². The first kappa shape index (κ1) is 5.87. The smallest absolute Gasteiger partial charge is 0.315 e. The maximum absolute atomic E-state index is 10.3. The third-order valence-corrected chi connectivity index (χ3v) is 1.12. The highest BCUT2D eigenvalue weighted by Crippen LogP contribution is 1.86. The Morgan fingerprint density at radius 2 is 2.44 bits per heavy atom. The van der Waals surface area contributed by atoms with Gasteiger partial charge < -0.3 is 16.4 Å². The largest absolute Gasteiger partial charge is 0.368 e. The lowest BCUT2D eigenvalue weighted by molar-refractivity contribution is -0.119. The molecule has 1 heterocycles. The van der Waals surface area contributed by atoms with Gasteiger partial charge in [-0.3, -0.25) is 4.79 Å². The highest BCUT2D eigenvalue weighted by atomic mass is 16.2. The second-order valence-electron chi connectivity index (χ2n) is 1.81. The molecule has 3 amide bonds. The van der Waals surface area contributed by atoms with Crippen molar-refractivity contribution in [3.05, 3.63) is 0 Å². The number of urea groups is 1. The van der Waals surface area contributed by atoms with Crippen LogP contribution in [0.3, 0.4) is 0 Å². The van der Waals surface area contributed by atoms with Crippen LogP contribution in [0.4, 0.5) is 4.79 Å². The van der Waals surface area contributed by atoms with E-state index < -0.39 is 11.9 Å². The molecule has 50 valence electrons. The molecule has 9 heavy (non-hydrogen) atoms. The molecule has 0 saturated carbocycles. The van der Waals surface area contributed by atoms with Crippen molar-refractivity contribution in [1.29, 1.82) is 0 Å². The van der Waals surface area contributed by atoms with Crippen molar-refractivity contribution < 1.29 is 9.59 Å². The van der Waals surface area contributed by atoms with Crippen molar-refractivity contribution in [2.75, 3.05) is 6.54 Å². The highest BCUT2D eigenvalue weighted by Gasteiger charge is 2.23. The molecular weight excluding hydrogens is 122 g/mol. The highest BCUT2D eigenvalue weighted by molar-refractivity contribution is 5.89. The van der Waals surface area contributed by atoms with E-state index in [2.05, 4.69) is 10.6 Å². The Kier molecular flexibility index (Phi) is 1.26. The minimum atomic E-state index is -0.530. The van der Waals surface area contributed by atoms with Crippen LogP contribution < -0.4 is 16.4 Å². The van der Waals surface area contributed by atoms with E-state index in [0.717, 1.165) is 0 Å². The maximum atomic E-state index is 10.3. The standard InChI is InChI=1S/C4H7N3O2/c5-3(8)2-1-6-4(9)7-2/h2H,1H2,(H2,5,8)(H2,6,7,9). The zero-order valence-corrected chi connectivity index (χ0v) is 4.68. The Morgan fingerprint density at radius 1 is 1.78 bits per heavy atom. The summed E-state index contributed by atoms with van der Waals surface area (Å²) in [6.07, 6.45) is 0. The van der Waals surface area contributed by atoms with Crippen LogP contribution in [0, 0.1) is 0 Å². The first-order chi connectivity index (χ1) is 4.20. The molecule has 1 atom stereocenters. The van der Waals surface area contributed by atoms with Crippen LogP contribution in [0.15, 0.2) is 0 Å². The van der Waals surface area contributed by atoms with Gasteiger partial charge in [-0.2, -0.15) is 0 Å². The van der Waals surface area contributed by atoms with Crippen molar-refractivity contribution in [3.8, 4) is 0 Å². The van der Waals surface area contributed by atoms with Crippen LogP contribution in [0.2, 0.25) is 0 Å². The fourth-order valence-corrected chi connectivity index (χ4v) is 0.627. The average molecular weight is 129 g/mol. The predicted octanol–water partition coefficient (Wildman–Crippen LogP) is -1.85. The van der Waals surface area contributed by atoms with Gasteiger partial charge in [0.05, 0.1) is 0 Å². The van der Waals surface area contributed by atoms with Crippen LogP contribution in [0.5, 0.6) is 0 Å². The third kappa shape index (κ3) is 1.10. The Hall–Kier alpha value is -1.26. The van der Waals surface area contributed by atoms with Gasteiger partial charge in [0.1, 0.15) is 6.04 Å². The summed E-state index contributed by atoms with van der Waals surface area (Å²) < 4.78 is 0. The van der Waals surface area contributed by atoms with E-state index in [1.165, 1.54) is 0 Å². The molecule has 0 spiro atoms. The van der Waals surface area contributed by atoms with E-state index in [-0.39, 0.29) is 6.03 Å². The fraction of sp³-hybridized carbons (Fsp3) is 0.500. The zero-order chi connectivity index (χ0) is 6.85. The number of hydrogen-bond acceptors (Lipinski definition) is 2. The monoisotopic (exact) mass is 129 g/mol. The molecule has 5 heteroatoms. The van der Waals surface area contributed by atoms with Crippen LogP contribution >= 0.6 is 0 Å². The lowest BCUT2D eigenvalue weighted by atomic mass is 10.3. The molecule has 1 saturated heterocycles. The molecule has 0 radical (unpaired) electrons. The Labute approximate surface area is 51.6 Å². The van der Waals surface area contributed by atoms with Crippen molar-refractivity contribution >= 4 is 11.9 Å². The van der Waals surface area contributed by atoms with Crippen molar-refractivity contribution in [2.45, 2.75) is 6.04 Å². The normalized spacial score (nSPS) is 24.9. The van der Waals surface area contributed by atoms with Gasteiger partial charge in [0, 0.05) is 6.54 Å². The number of amides is 3. The molecule has 0 aromatic heterocycles. The van der Waals surface area contributed by atoms with Crippen molar-refractivity contribution in [1.82, 2.24) is 10.6 Å². The summed E-state index contributed by atoms with van der Waals surface area (Å²) in [5, 5.41) is 4.73. The van der Waals surface area contributed by atoms with Gasteiger partial charge in [0.2, 0.25) is 5.91 Å². The lowest BCUT2D eigenvalue weighted by Gasteiger charge is -1.99. The molecule has 0 bridgehead atoms. The van der Waals surface area contributed by atoms with Gasteiger partial charge in [-0.05, 0) is 0 Å². The second-order valence-corrected chi connectivity index (χ2v) is 1.81. The van der Waals surface area contributed by atoms with Crippen LogP contribution in [-0.4, -0.2) is 24.5 Å². The van der Waals surface area contributed by atoms with Gasteiger partial charge in [-0.25, -0.2) is 4.79 Å². The van der Waals surface area contributed by atoms with E-state index in [4.69, 9.17) is 5.73 Å². The molecule has 4 N–H and O–H groups in total. The number of nitrogens with two attached hydrogens (primary N) is 1. The number of carbonyl (C=O) groups excluding carboxylic acids is 2. The minimum absolute atomic E-state index is 0.300. The molecule has 5 nitrogen and oxygen atoms in total. The second kappa shape index (κ2) is 1.93. The number of primary amides is 1. The quantitative estimate of drug-likeness (QED) is 0.388. The van der Waals surface area contributed by atoms with Gasteiger partial charge in [0.25, 0.3) is 0 Å². The fourth-order valence-electron chi connectivity index (χ4n) is 0.627. The molecule has 1 rings (SSSR count). The third-order valence-electron chi connectivity index (χ3n) is 1.12. The molecule has 1 fully saturated rings. The molecule has 1 aliphatic rings. The average Bonchev–Trinajstić information content (AvgIpc) is 2.14. The molecular formula is C4H7N3O2. The summed E-state index contributed by atoms with van der Waals surface area (Å²) in [6.45, 7) is 0.300. The van der Waals surface area contributed by atoms with Crippen molar-refractivity contribution in [2.24, 2.45) is 5.73 Å². The van der Waals surface area contributed by atoms with E-state index in [0.29, 0.717) is 6.54 Å². The van der Waals surface area contributed by atoms with Crippen LogP contribution in [0.25, 0.3) is 0 Å². The van der Waals surface area contributed by atoms with Gasteiger partial charge in [-0.15, -0.1) is 0 Å². The number of carbonyl (C=O) groups is 2. The zero-order valence-electron chi connectivity index (χ0n) is 4.68. The summed E-state index contributed by atoms with van der Waals surface area (Å²) in [7, 11) is 0. The maximum Gasteiger partial charge on any atom is 0.315 e. The van der Waals surface area contributed by atoms with E-state index in [9.17, 15) is 9.59 Å². The lowest BCUT2D eigenvalue weighted by Crippen LogP contribution is -2.39.